The number of hydrogen-bond donors (Lipinski definition) is 0. The lowest BCUT2D eigenvalue weighted by atomic mass is 10.2. The lowest BCUT2D eigenvalue weighted by Gasteiger charge is -2.34. The van der Waals surface area contributed by atoms with Crippen LogP contribution < -0.4 is 0 Å². The van der Waals surface area contributed by atoms with Gasteiger partial charge in [0, 0.05) is 13.1 Å². The molecule has 0 N–H and O–H groups in total. The van der Waals surface area contributed by atoms with Crippen molar-refractivity contribution in [3.8, 4) is 6.07 Å². The highest BCUT2D eigenvalue weighted by Crippen LogP contribution is 2.22. The third-order valence-corrected chi connectivity index (χ3v) is 5.19. The Kier molecular flexibility index (Phi) is 5.36. The molecule has 1 saturated heterocycles. The van der Waals surface area contributed by atoms with Crippen LogP contribution in [0.2, 0.25) is 0 Å². The van der Waals surface area contributed by atoms with Crippen molar-refractivity contribution in [2.45, 2.75) is 31.0 Å². The highest BCUT2D eigenvalue weighted by molar-refractivity contribution is 7.89. The molecule has 0 aromatic heterocycles. The summed E-state index contributed by atoms with van der Waals surface area (Å²) in [6, 6.07) is 7.31. The van der Waals surface area contributed by atoms with Crippen molar-refractivity contribution in [1.82, 2.24) is 4.31 Å². The number of hydrogen-bond acceptors (Lipinski definition) is 6. The summed E-state index contributed by atoms with van der Waals surface area (Å²) in [7, 11) is -3.72. The summed E-state index contributed by atoms with van der Waals surface area (Å²) in [6.07, 6.45) is -0.394. The number of ether oxygens (including phenoxy) is 2. The molecule has 0 aliphatic carbocycles. The summed E-state index contributed by atoms with van der Waals surface area (Å²) in [4.78, 5) is 11.8. The molecular formula is C15H18N2O5S. The molecule has 1 aliphatic heterocycles. The Morgan fingerprint density at radius 2 is 2.04 bits per heavy atom. The van der Waals surface area contributed by atoms with Gasteiger partial charge >= 0.3 is 5.97 Å². The van der Waals surface area contributed by atoms with Crippen LogP contribution in [0, 0.1) is 11.3 Å². The third-order valence-electron chi connectivity index (χ3n) is 3.36. The molecule has 8 heteroatoms. The molecule has 124 valence electrons. The minimum Gasteiger partial charge on any atom is -0.447 e. The van der Waals surface area contributed by atoms with Crippen molar-refractivity contribution in [1.29, 1.82) is 5.26 Å². The quantitative estimate of drug-likeness (QED) is 0.764. The summed E-state index contributed by atoms with van der Waals surface area (Å²) >= 11 is 0. The highest BCUT2D eigenvalue weighted by atomic mass is 32.2. The monoisotopic (exact) mass is 338 g/mol. The Hall–Kier alpha value is -1.95. The Balaban J connectivity index is 2.26. The molecule has 2 rings (SSSR count). The van der Waals surface area contributed by atoms with Crippen LogP contribution in [0.4, 0.5) is 0 Å². The van der Waals surface area contributed by atoms with Gasteiger partial charge in [-0.05, 0) is 32.0 Å². The zero-order chi connectivity index (χ0) is 17.0. The van der Waals surface area contributed by atoms with Crippen molar-refractivity contribution < 1.29 is 22.7 Å². The Bertz CT molecular complexity index is 716. The molecule has 0 radical (unpaired) electrons. The normalized spacial score (nSPS) is 22.3. The summed E-state index contributed by atoms with van der Waals surface area (Å²) < 4.78 is 37.1. The van der Waals surface area contributed by atoms with Crippen molar-refractivity contribution in [2.75, 3.05) is 19.7 Å². The van der Waals surface area contributed by atoms with E-state index in [1.54, 1.807) is 6.07 Å². The first kappa shape index (κ1) is 17.4. The molecule has 0 bridgehead atoms. The fourth-order valence-corrected chi connectivity index (χ4v) is 4.08. The second-order valence-corrected chi connectivity index (χ2v) is 7.28. The average Bonchev–Trinajstić information content (AvgIpc) is 2.51. The first-order valence-electron chi connectivity index (χ1n) is 7.14. The van der Waals surface area contributed by atoms with Crippen molar-refractivity contribution in [3.05, 3.63) is 29.8 Å². The van der Waals surface area contributed by atoms with Crippen molar-refractivity contribution in [3.63, 3.8) is 0 Å². The van der Waals surface area contributed by atoms with Gasteiger partial charge in [-0.25, -0.2) is 13.2 Å². The molecule has 1 heterocycles. The summed E-state index contributed by atoms with van der Waals surface area (Å²) in [6.45, 7) is 3.77. The van der Waals surface area contributed by atoms with Crippen molar-refractivity contribution >= 4 is 16.0 Å². The minimum atomic E-state index is -3.72. The molecule has 2 atom stereocenters. The van der Waals surface area contributed by atoms with Gasteiger partial charge in [-0.1, -0.05) is 6.07 Å². The predicted octanol–water partition coefficient (Wildman–Crippen LogP) is 1.16. The third kappa shape index (κ3) is 4.07. The van der Waals surface area contributed by atoms with Gasteiger partial charge in [-0.2, -0.15) is 9.57 Å². The first-order chi connectivity index (χ1) is 10.8. The van der Waals surface area contributed by atoms with Crippen molar-refractivity contribution in [2.24, 2.45) is 0 Å². The summed E-state index contributed by atoms with van der Waals surface area (Å²) in [5, 5.41) is 8.42. The summed E-state index contributed by atoms with van der Waals surface area (Å²) in [5.41, 5.74) is 0.0932. The van der Waals surface area contributed by atoms with Gasteiger partial charge in [0.2, 0.25) is 10.0 Å². The second kappa shape index (κ2) is 7.08. The summed E-state index contributed by atoms with van der Waals surface area (Å²) in [5.74, 6) is -0.729. The molecule has 1 aromatic rings. The molecule has 0 spiro atoms. The fourth-order valence-electron chi connectivity index (χ4n) is 2.44. The van der Waals surface area contributed by atoms with Gasteiger partial charge in [-0.3, -0.25) is 0 Å². The van der Waals surface area contributed by atoms with E-state index < -0.39 is 16.0 Å². The van der Waals surface area contributed by atoms with Crippen LogP contribution in [0.1, 0.15) is 24.2 Å². The molecule has 1 fully saturated rings. The molecule has 2 unspecified atom stereocenters. The van der Waals surface area contributed by atoms with Gasteiger partial charge in [-0.15, -0.1) is 0 Å². The topological polar surface area (TPSA) is 96.7 Å². The van der Waals surface area contributed by atoms with Gasteiger partial charge in [0.15, 0.2) is 6.61 Å². The van der Waals surface area contributed by atoms with E-state index in [0.29, 0.717) is 0 Å². The van der Waals surface area contributed by atoms with Gasteiger partial charge < -0.3 is 9.47 Å². The van der Waals surface area contributed by atoms with Crippen LogP contribution in [0.5, 0.6) is 0 Å². The zero-order valence-electron chi connectivity index (χ0n) is 12.9. The van der Waals surface area contributed by atoms with Crippen LogP contribution in [-0.4, -0.2) is 50.6 Å². The second-order valence-electron chi connectivity index (χ2n) is 5.34. The minimum absolute atomic E-state index is 0.0187. The Morgan fingerprint density at radius 1 is 1.39 bits per heavy atom. The zero-order valence-corrected chi connectivity index (χ0v) is 13.7. The number of carbonyl (C=O) groups is 1. The lowest BCUT2D eigenvalue weighted by molar-refractivity contribution is -0.0440. The fraction of sp³-hybridized carbons (Fsp3) is 0.467. The predicted molar refractivity (Wildman–Crippen MR) is 81.1 cm³/mol. The lowest BCUT2D eigenvalue weighted by Crippen LogP contribution is -2.48. The molecule has 7 nitrogen and oxygen atoms in total. The number of esters is 1. The largest absolute Gasteiger partial charge is 0.447 e. The number of sulfonamides is 1. The molecule has 0 saturated carbocycles. The molecule has 1 aromatic carbocycles. The maximum Gasteiger partial charge on any atom is 0.339 e. The Morgan fingerprint density at radius 3 is 2.65 bits per heavy atom. The van der Waals surface area contributed by atoms with Crippen LogP contribution >= 0.6 is 0 Å². The van der Waals surface area contributed by atoms with E-state index in [1.165, 1.54) is 28.6 Å². The van der Waals surface area contributed by atoms with E-state index in [9.17, 15) is 13.2 Å². The van der Waals surface area contributed by atoms with Crippen LogP contribution in [0.15, 0.2) is 29.2 Å². The number of rotatable bonds is 4. The smallest absolute Gasteiger partial charge is 0.339 e. The molecule has 1 aliphatic rings. The molecule has 23 heavy (non-hydrogen) atoms. The number of nitriles is 1. The standard InChI is InChI=1S/C15H18N2O5S/c1-11-9-17(10-12(2)22-11)23(19,20)14-5-3-4-13(8-14)15(18)21-7-6-16/h3-5,8,11-12H,7,9-10H2,1-2H3. The highest BCUT2D eigenvalue weighted by Gasteiger charge is 2.32. The Labute approximate surface area is 135 Å². The maximum absolute atomic E-state index is 12.7. The van der Waals surface area contributed by atoms with Crippen LogP contribution in [0.3, 0.4) is 0 Å². The first-order valence-corrected chi connectivity index (χ1v) is 8.58. The average molecular weight is 338 g/mol. The van der Waals surface area contributed by atoms with Crippen LogP contribution in [0.25, 0.3) is 0 Å². The van der Waals surface area contributed by atoms with E-state index in [1.807, 2.05) is 13.8 Å². The number of carbonyl (C=O) groups excluding carboxylic acids is 1. The molecular weight excluding hydrogens is 320 g/mol. The van der Waals surface area contributed by atoms with E-state index in [2.05, 4.69) is 0 Å². The van der Waals surface area contributed by atoms with E-state index >= 15 is 0 Å². The maximum atomic E-state index is 12.7. The van der Waals surface area contributed by atoms with E-state index in [0.717, 1.165) is 0 Å². The van der Waals surface area contributed by atoms with Gasteiger partial charge in [0.25, 0.3) is 0 Å². The SMILES string of the molecule is CC1CN(S(=O)(=O)c2cccc(C(=O)OCC#N)c2)CC(C)O1. The van der Waals surface area contributed by atoms with Gasteiger partial charge in [0.05, 0.1) is 22.7 Å². The molecule has 0 amide bonds. The number of benzene rings is 1. The van der Waals surface area contributed by atoms with E-state index in [4.69, 9.17) is 14.7 Å². The van der Waals surface area contributed by atoms with Gasteiger partial charge in [0.1, 0.15) is 6.07 Å². The number of morpholine rings is 1. The van der Waals surface area contributed by atoms with E-state index in [-0.39, 0.29) is 42.4 Å². The van der Waals surface area contributed by atoms with Crippen LogP contribution in [-0.2, 0) is 19.5 Å². The number of nitrogens with zero attached hydrogens (tertiary/aromatic N) is 2.